The smallest absolute Gasteiger partial charge is 0.254 e. The molecule has 32 heavy (non-hydrogen) atoms. The molecule has 2 heterocycles. The zero-order chi connectivity index (χ0) is 22.4. The van der Waals surface area contributed by atoms with Gasteiger partial charge in [-0.15, -0.1) is 0 Å². The summed E-state index contributed by atoms with van der Waals surface area (Å²) < 4.78 is 0. The van der Waals surface area contributed by atoms with Gasteiger partial charge in [0, 0.05) is 38.3 Å². The van der Waals surface area contributed by atoms with Crippen molar-refractivity contribution in [3.63, 3.8) is 0 Å². The van der Waals surface area contributed by atoms with E-state index in [1.165, 1.54) is 18.2 Å². The monoisotopic (exact) mass is 441 g/mol. The number of nitrogens with zero attached hydrogens (tertiary/aromatic N) is 3. The fourth-order valence-corrected chi connectivity index (χ4v) is 6.31. The second-order valence-electron chi connectivity index (χ2n) is 9.76. The summed E-state index contributed by atoms with van der Waals surface area (Å²) in [6.45, 7) is 4.17. The Hall–Kier alpha value is -2.61. The summed E-state index contributed by atoms with van der Waals surface area (Å²) in [6.07, 6.45) is 5.03. The van der Waals surface area contributed by atoms with Gasteiger partial charge in [-0.3, -0.25) is 24.2 Å². The molecule has 2 unspecified atom stereocenters. The maximum atomic E-state index is 12.8. The van der Waals surface area contributed by atoms with Crippen molar-refractivity contribution in [2.45, 2.75) is 32.1 Å². The fraction of sp³-hybridized carbons (Fsp3) is 0.625. The van der Waals surface area contributed by atoms with Crippen LogP contribution in [0.1, 0.15) is 42.5 Å². The molecule has 8 nitrogen and oxygen atoms in total. The molecule has 0 spiro atoms. The molecule has 0 radical (unpaired) electrons. The Morgan fingerprint density at radius 3 is 2.12 bits per heavy atom. The highest BCUT2D eigenvalue weighted by atomic mass is 16.3. The average Bonchev–Trinajstić information content (AvgIpc) is 3.48. The van der Waals surface area contributed by atoms with E-state index in [1.807, 2.05) is 0 Å². The molecule has 3 amide bonds. The first-order valence-corrected chi connectivity index (χ1v) is 11.8. The van der Waals surface area contributed by atoms with Crippen molar-refractivity contribution >= 4 is 17.7 Å². The molecule has 2 aliphatic carbocycles. The van der Waals surface area contributed by atoms with Crippen LogP contribution in [0.4, 0.5) is 0 Å². The van der Waals surface area contributed by atoms with Crippen LogP contribution in [0.3, 0.4) is 0 Å². The number of unbranched alkanes of at least 4 members (excludes halogenated alkanes) is 1. The standard InChI is InChI=1S/C24H31N3O5/c28-18-6-5-17(14-19(18)29)22(30)26-11-9-25(10-12-26)7-1-2-8-27-23(31)20-15-3-4-16(13-15)21(20)24(27)32/h5-6,14-16,20-21,28-29H,1-4,7-13H2/t15?,16?,20-,21+. The Morgan fingerprint density at radius 2 is 1.50 bits per heavy atom. The van der Waals surface area contributed by atoms with Crippen molar-refractivity contribution in [3.05, 3.63) is 23.8 Å². The second-order valence-corrected chi connectivity index (χ2v) is 9.76. The lowest BCUT2D eigenvalue weighted by Crippen LogP contribution is -2.48. The van der Waals surface area contributed by atoms with Crippen molar-refractivity contribution in [3.8, 4) is 11.5 Å². The summed E-state index contributed by atoms with van der Waals surface area (Å²) in [5, 5.41) is 19.0. The number of phenols is 2. The minimum Gasteiger partial charge on any atom is -0.504 e. The van der Waals surface area contributed by atoms with Crippen molar-refractivity contribution in [1.82, 2.24) is 14.7 Å². The second kappa shape index (κ2) is 8.39. The first kappa shape index (κ1) is 21.2. The van der Waals surface area contributed by atoms with Gasteiger partial charge in [0.2, 0.25) is 11.8 Å². The van der Waals surface area contributed by atoms with Gasteiger partial charge in [-0.2, -0.15) is 0 Å². The fourth-order valence-electron chi connectivity index (χ4n) is 6.31. The summed E-state index contributed by atoms with van der Waals surface area (Å²) in [6, 6.07) is 4.14. The molecule has 2 bridgehead atoms. The summed E-state index contributed by atoms with van der Waals surface area (Å²) in [4.78, 5) is 43.8. The number of piperazine rings is 1. The average molecular weight is 442 g/mol. The number of benzene rings is 1. The quantitative estimate of drug-likeness (QED) is 0.396. The van der Waals surface area contributed by atoms with Gasteiger partial charge < -0.3 is 15.1 Å². The molecule has 1 aromatic rings. The number of aromatic hydroxyl groups is 2. The number of amides is 3. The lowest BCUT2D eigenvalue weighted by molar-refractivity contribution is -0.140. The Labute approximate surface area is 187 Å². The highest BCUT2D eigenvalue weighted by Crippen LogP contribution is 2.56. The topological polar surface area (TPSA) is 101 Å². The summed E-state index contributed by atoms with van der Waals surface area (Å²) in [5.41, 5.74) is 0.368. The largest absolute Gasteiger partial charge is 0.504 e. The van der Waals surface area contributed by atoms with Gasteiger partial charge in [0.15, 0.2) is 11.5 Å². The molecule has 4 atom stereocenters. The number of phenolic OH excluding ortho intramolecular Hbond substituents is 2. The van der Waals surface area contributed by atoms with Crippen molar-refractivity contribution in [1.29, 1.82) is 0 Å². The molecule has 4 aliphatic rings. The maximum absolute atomic E-state index is 12.8. The third-order valence-corrected chi connectivity index (χ3v) is 8.01. The van der Waals surface area contributed by atoms with Crippen molar-refractivity contribution < 1.29 is 24.6 Å². The molecule has 172 valence electrons. The molecule has 2 saturated carbocycles. The predicted molar refractivity (Wildman–Crippen MR) is 116 cm³/mol. The number of imide groups is 1. The molecule has 2 N–H and O–H groups in total. The van der Waals surface area contributed by atoms with Gasteiger partial charge in [0.05, 0.1) is 11.8 Å². The van der Waals surface area contributed by atoms with E-state index in [4.69, 9.17) is 0 Å². The Kier molecular flexibility index (Phi) is 5.57. The lowest BCUT2D eigenvalue weighted by atomic mass is 9.81. The molecular weight excluding hydrogens is 410 g/mol. The van der Waals surface area contributed by atoms with Crippen LogP contribution < -0.4 is 0 Å². The number of hydrogen-bond acceptors (Lipinski definition) is 6. The molecule has 2 aliphatic heterocycles. The third kappa shape index (κ3) is 3.64. The van der Waals surface area contributed by atoms with Gasteiger partial charge in [0.25, 0.3) is 5.91 Å². The first-order valence-electron chi connectivity index (χ1n) is 11.8. The maximum Gasteiger partial charge on any atom is 0.254 e. The van der Waals surface area contributed by atoms with Gasteiger partial charge in [0.1, 0.15) is 0 Å². The first-order chi connectivity index (χ1) is 15.4. The number of hydrogen-bond donors (Lipinski definition) is 2. The summed E-state index contributed by atoms with van der Waals surface area (Å²) in [7, 11) is 0. The highest BCUT2D eigenvalue weighted by molar-refractivity contribution is 6.06. The van der Waals surface area contributed by atoms with Crippen LogP contribution in [0.15, 0.2) is 18.2 Å². The zero-order valence-electron chi connectivity index (χ0n) is 18.3. The van der Waals surface area contributed by atoms with Gasteiger partial charge in [-0.05, 0) is 68.7 Å². The van der Waals surface area contributed by atoms with E-state index < -0.39 is 0 Å². The molecule has 0 aromatic heterocycles. The van der Waals surface area contributed by atoms with Gasteiger partial charge in [-0.25, -0.2) is 0 Å². The molecule has 8 heteroatoms. The van der Waals surface area contributed by atoms with Crippen LogP contribution in [-0.4, -0.2) is 81.9 Å². The Morgan fingerprint density at radius 1 is 0.875 bits per heavy atom. The van der Waals surface area contributed by atoms with Crippen LogP contribution in [-0.2, 0) is 9.59 Å². The SMILES string of the molecule is O=C(c1ccc(O)c(O)c1)N1CCN(CCCCN2C(=O)[C@@H]3C4CCC(C4)[C@@H]3C2=O)CC1. The lowest BCUT2D eigenvalue weighted by Gasteiger charge is -2.35. The van der Waals surface area contributed by atoms with E-state index in [2.05, 4.69) is 4.90 Å². The number of rotatable bonds is 6. The van der Waals surface area contributed by atoms with E-state index >= 15 is 0 Å². The van der Waals surface area contributed by atoms with E-state index in [9.17, 15) is 24.6 Å². The zero-order valence-corrected chi connectivity index (χ0v) is 18.3. The minimum atomic E-state index is -0.291. The van der Waals surface area contributed by atoms with Crippen molar-refractivity contribution in [2.75, 3.05) is 39.3 Å². The third-order valence-electron chi connectivity index (χ3n) is 8.01. The molecular formula is C24H31N3O5. The normalized spacial score (nSPS) is 29.8. The Bertz CT molecular complexity index is 898. The van der Waals surface area contributed by atoms with E-state index in [-0.39, 0.29) is 41.1 Å². The molecule has 4 fully saturated rings. The Balaban J connectivity index is 1.04. The van der Waals surface area contributed by atoms with E-state index in [0.717, 1.165) is 51.7 Å². The van der Waals surface area contributed by atoms with E-state index in [0.29, 0.717) is 37.0 Å². The number of fused-ring (bicyclic) bond motifs is 5. The number of likely N-dealkylation sites (tertiary alicyclic amines) is 1. The molecule has 5 rings (SSSR count). The van der Waals surface area contributed by atoms with Crippen LogP contribution in [0.2, 0.25) is 0 Å². The molecule has 1 aromatic carbocycles. The van der Waals surface area contributed by atoms with Gasteiger partial charge in [-0.1, -0.05) is 0 Å². The van der Waals surface area contributed by atoms with Gasteiger partial charge >= 0.3 is 0 Å². The number of carbonyl (C=O) groups is 3. The van der Waals surface area contributed by atoms with Crippen molar-refractivity contribution in [2.24, 2.45) is 23.7 Å². The van der Waals surface area contributed by atoms with Crippen LogP contribution in [0.25, 0.3) is 0 Å². The van der Waals surface area contributed by atoms with E-state index in [1.54, 1.807) is 9.80 Å². The van der Waals surface area contributed by atoms with Crippen LogP contribution in [0, 0.1) is 23.7 Å². The summed E-state index contributed by atoms with van der Waals surface area (Å²) in [5.74, 6) is 0.321. The minimum absolute atomic E-state index is 0.0256. The highest BCUT2D eigenvalue weighted by Gasteiger charge is 2.60. The number of carbonyl (C=O) groups excluding carboxylic acids is 3. The van der Waals surface area contributed by atoms with Crippen LogP contribution >= 0.6 is 0 Å². The molecule has 2 saturated heterocycles. The van der Waals surface area contributed by atoms with Crippen LogP contribution in [0.5, 0.6) is 11.5 Å². The predicted octanol–water partition coefficient (Wildman–Crippen LogP) is 1.67. The summed E-state index contributed by atoms with van der Waals surface area (Å²) >= 11 is 0.